The molecule has 0 atom stereocenters. The molecule has 0 unspecified atom stereocenters. The van der Waals surface area contributed by atoms with Crippen LogP contribution in [0.5, 0.6) is 0 Å². The fourth-order valence-electron chi connectivity index (χ4n) is 2.75. The SMILES string of the molecule is CCCn1c(-c2nc(C(=O)NC(C)(C)C)cs2)cc2ccccc21. The van der Waals surface area contributed by atoms with Crippen LogP contribution >= 0.6 is 11.3 Å². The van der Waals surface area contributed by atoms with E-state index in [9.17, 15) is 4.79 Å². The van der Waals surface area contributed by atoms with Crippen molar-refractivity contribution in [2.45, 2.75) is 46.2 Å². The van der Waals surface area contributed by atoms with Gasteiger partial charge < -0.3 is 9.88 Å². The predicted octanol–water partition coefficient (Wildman–Crippen LogP) is 4.70. The molecule has 4 nitrogen and oxygen atoms in total. The Hall–Kier alpha value is -2.14. The van der Waals surface area contributed by atoms with Gasteiger partial charge in [0.15, 0.2) is 0 Å². The van der Waals surface area contributed by atoms with Crippen LogP contribution in [0.25, 0.3) is 21.6 Å². The second-order valence-corrected chi connectivity index (χ2v) is 7.84. The number of aromatic nitrogens is 2. The molecule has 0 fully saturated rings. The van der Waals surface area contributed by atoms with Crippen molar-refractivity contribution in [3.05, 3.63) is 41.4 Å². The second-order valence-electron chi connectivity index (χ2n) is 6.98. The van der Waals surface area contributed by atoms with Gasteiger partial charge in [0.2, 0.25) is 0 Å². The Morgan fingerprint density at radius 3 is 2.75 bits per heavy atom. The lowest BCUT2D eigenvalue weighted by Crippen LogP contribution is -2.40. The van der Waals surface area contributed by atoms with Gasteiger partial charge in [-0.05, 0) is 39.3 Å². The molecule has 5 heteroatoms. The maximum atomic E-state index is 12.3. The van der Waals surface area contributed by atoms with Crippen LogP contribution in [0.1, 0.15) is 44.6 Å². The molecule has 1 N–H and O–H groups in total. The monoisotopic (exact) mass is 341 g/mol. The maximum Gasteiger partial charge on any atom is 0.271 e. The van der Waals surface area contributed by atoms with Crippen molar-refractivity contribution in [1.29, 1.82) is 0 Å². The second kappa shape index (κ2) is 6.40. The van der Waals surface area contributed by atoms with Gasteiger partial charge in [-0.2, -0.15) is 0 Å². The molecule has 0 spiro atoms. The van der Waals surface area contributed by atoms with Crippen LogP contribution in [0.3, 0.4) is 0 Å². The number of nitrogens with one attached hydrogen (secondary N) is 1. The molecule has 0 radical (unpaired) electrons. The van der Waals surface area contributed by atoms with Crippen LogP contribution in [0, 0.1) is 0 Å². The quantitative estimate of drug-likeness (QED) is 0.747. The summed E-state index contributed by atoms with van der Waals surface area (Å²) >= 11 is 1.52. The molecular weight excluding hydrogens is 318 g/mol. The molecule has 0 aliphatic heterocycles. The van der Waals surface area contributed by atoms with Gasteiger partial charge in [0, 0.05) is 28.4 Å². The van der Waals surface area contributed by atoms with Gasteiger partial charge in [-0.3, -0.25) is 4.79 Å². The topological polar surface area (TPSA) is 46.9 Å². The number of carbonyl (C=O) groups excluding carboxylic acids is 1. The van der Waals surface area contributed by atoms with Crippen molar-refractivity contribution in [1.82, 2.24) is 14.9 Å². The number of aryl methyl sites for hydroxylation is 1. The minimum Gasteiger partial charge on any atom is -0.346 e. The van der Waals surface area contributed by atoms with Gasteiger partial charge in [0.25, 0.3) is 5.91 Å². The third-order valence-corrected chi connectivity index (χ3v) is 4.57. The van der Waals surface area contributed by atoms with Crippen molar-refractivity contribution >= 4 is 28.1 Å². The van der Waals surface area contributed by atoms with E-state index in [1.54, 1.807) is 0 Å². The summed E-state index contributed by atoms with van der Waals surface area (Å²) in [4.78, 5) is 16.9. The van der Waals surface area contributed by atoms with Crippen molar-refractivity contribution in [2.24, 2.45) is 0 Å². The highest BCUT2D eigenvalue weighted by molar-refractivity contribution is 7.13. The van der Waals surface area contributed by atoms with Crippen LogP contribution in [0.4, 0.5) is 0 Å². The summed E-state index contributed by atoms with van der Waals surface area (Å²) in [5, 5.41) is 6.90. The smallest absolute Gasteiger partial charge is 0.271 e. The van der Waals surface area contributed by atoms with Gasteiger partial charge in [-0.25, -0.2) is 4.98 Å². The van der Waals surface area contributed by atoms with E-state index in [1.807, 2.05) is 32.2 Å². The molecule has 24 heavy (non-hydrogen) atoms. The first kappa shape index (κ1) is 16.7. The van der Waals surface area contributed by atoms with Crippen molar-refractivity contribution in [3.8, 4) is 10.7 Å². The summed E-state index contributed by atoms with van der Waals surface area (Å²) in [7, 11) is 0. The fraction of sp³-hybridized carbons (Fsp3) is 0.368. The lowest BCUT2D eigenvalue weighted by molar-refractivity contribution is 0.0915. The van der Waals surface area contributed by atoms with Crippen LogP contribution in [-0.4, -0.2) is 21.0 Å². The Labute approximate surface area is 146 Å². The molecule has 3 rings (SSSR count). The van der Waals surface area contributed by atoms with Crippen LogP contribution in [0.15, 0.2) is 35.7 Å². The molecule has 0 aliphatic carbocycles. The molecule has 0 saturated carbocycles. The number of nitrogens with zero attached hydrogens (tertiary/aromatic N) is 2. The van der Waals surface area contributed by atoms with E-state index in [0.717, 1.165) is 23.7 Å². The first-order chi connectivity index (χ1) is 11.4. The van der Waals surface area contributed by atoms with E-state index in [1.165, 1.54) is 22.2 Å². The Morgan fingerprint density at radius 1 is 1.29 bits per heavy atom. The van der Waals surface area contributed by atoms with Crippen LogP contribution in [-0.2, 0) is 6.54 Å². The minimum atomic E-state index is -0.266. The molecular formula is C19H23N3OS. The highest BCUT2D eigenvalue weighted by Crippen LogP contribution is 2.30. The summed E-state index contributed by atoms with van der Waals surface area (Å²) in [5.41, 5.74) is 2.51. The molecule has 0 aliphatic rings. The molecule has 0 saturated heterocycles. The molecule has 126 valence electrons. The number of fused-ring (bicyclic) bond motifs is 1. The Balaban J connectivity index is 1.99. The van der Waals surface area contributed by atoms with Gasteiger partial charge in [0.1, 0.15) is 10.7 Å². The first-order valence-electron chi connectivity index (χ1n) is 8.26. The van der Waals surface area contributed by atoms with Crippen LogP contribution < -0.4 is 5.32 Å². The van der Waals surface area contributed by atoms with E-state index < -0.39 is 0 Å². The number of para-hydroxylation sites is 1. The molecule has 2 aromatic heterocycles. The number of carbonyl (C=O) groups is 1. The highest BCUT2D eigenvalue weighted by Gasteiger charge is 2.19. The standard InChI is InChI=1S/C19H23N3OS/c1-5-10-22-15-9-7-6-8-13(15)11-16(22)18-20-14(12-24-18)17(23)21-19(2,3)4/h6-9,11-12H,5,10H2,1-4H3,(H,21,23). The van der Waals surface area contributed by atoms with E-state index in [2.05, 4.69) is 46.1 Å². The van der Waals surface area contributed by atoms with E-state index >= 15 is 0 Å². The minimum absolute atomic E-state index is 0.122. The van der Waals surface area contributed by atoms with E-state index in [-0.39, 0.29) is 11.4 Å². The lowest BCUT2D eigenvalue weighted by Gasteiger charge is -2.19. The number of thiazole rings is 1. The summed E-state index contributed by atoms with van der Waals surface area (Å²) in [6, 6.07) is 10.5. The molecule has 3 aromatic rings. The zero-order valence-corrected chi connectivity index (χ0v) is 15.4. The Kier molecular flexibility index (Phi) is 4.45. The zero-order valence-electron chi connectivity index (χ0n) is 14.6. The lowest BCUT2D eigenvalue weighted by atomic mass is 10.1. The van der Waals surface area contributed by atoms with Gasteiger partial charge >= 0.3 is 0 Å². The van der Waals surface area contributed by atoms with Gasteiger partial charge in [-0.15, -0.1) is 11.3 Å². The Morgan fingerprint density at radius 2 is 2.04 bits per heavy atom. The number of benzene rings is 1. The van der Waals surface area contributed by atoms with Crippen molar-refractivity contribution < 1.29 is 4.79 Å². The third-order valence-electron chi connectivity index (χ3n) is 3.70. The summed E-state index contributed by atoms with van der Waals surface area (Å²) in [5.74, 6) is -0.122. The van der Waals surface area contributed by atoms with Gasteiger partial charge in [0.05, 0.1) is 5.69 Å². The largest absolute Gasteiger partial charge is 0.346 e. The Bertz CT molecular complexity index is 870. The third kappa shape index (κ3) is 3.36. The van der Waals surface area contributed by atoms with Crippen molar-refractivity contribution in [2.75, 3.05) is 0 Å². The average molecular weight is 341 g/mol. The molecule has 0 bridgehead atoms. The number of hydrogen-bond acceptors (Lipinski definition) is 3. The normalized spacial score (nSPS) is 11.8. The highest BCUT2D eigenvalue weighted by atomic mass is 32.1. The average Bonchev–Trinajstić information content (AvgIpc) is 3.11. The van der Waals surface area contributed by atoms with Gasteiger partial charge in [-0.1, -0.05) is 25.1 Å². The van der Waals surface area contributed by atoms with E-state index in [4.69, 9.17) is 0 Å². The molecule has 1 aromatic carbocycles. The summed E-state index contributed by atoms with van der Waals surface area (Å²) < 4.78 is 2.29. The first-order valence-corrected chi connectivity index (χ1v) is 9.13. The summed E-state index contributed by atoms with van der Waals surface area (Å²) in [6.45, 7) is 9.01. The van der Waals surface area contributed by atoms with Crippen molar-refractivity contribution in [3.63, 3.8) is 0 Å². The number of amides is 1. The van der Waals surface area contributed by atoms with Crippen LogP contribution in [0.2, 0.25) is 0 Å². The summed E-state index contributed by atoms with van der Waals surface area (Å²) in [6.07, 6.45) is 1.05. The maximum absolute atomic E-state index is 12.3. The molecule has 1 amide bonds. The fourth-order valence-corrected chi connectivity index (χ4v) is 3.58. The zero-order chi connectivity index (χ0) is 17.3. The van der Waals surface area contributed by atoms with E-state index in [0.29, 0.717) is 5.69 Å². The predicted molar refractivity (Wildman–Crippen MR) is 101 cm³/mol. The number of rotatable bonds is 4. The number of hydrogen-bond donors (Lipinski definition) is 1. The molecule has 2 heterocycles.